The monoisotopic (exact) mass is 365 g/mol. The Labute approximate surface area is 160 Å². The smallest absolute Gasteiger partial charge is 0.257 e. The van der Waals surface area contributed by atoms with Crippen molar-refractivity contribution in [2.75, 3.05) is 19.7 Å². The van der Waals surface area contributed by atoms with Crippen molar-refractivity contribution in [3.05, 3.63) is 65.7 Å². The first-order chi connectivity index (χ1) is 13.3. The topological polar surface area (TPSA) is 53.6 Å². The lowest BCUT2D eigenvalue weighted by atomic mass is 9.85. The molecule has 2 aromatic rings. The Morgan fingerprint density at radius 1 is 1.11 bits per heavy atom. The molecule has 1 amide bonds. The molecule has 27 heavy (non-hydrogen) atoms. The first-order valence-corrected chi connectivity index (χ1v) is 9.85. The van der Waals surface area contributed by atoms with Crippen molar-refractivity contribution in [1.82, 2.24) is 15.8 Å². The van der Waals surface area contributed by atoms with E-state index in [0.29, 0.717) is 29.9 Å². The van der Waals surface area contributed by atoms with E-state index in [0.717, 1.165) is 25.9 Å². The number of rotatable bonds is 5. The van der Waals surface area contributed by atoms with Crippen molar-refractivity contribution in [1.29, 1.82) is 0 Å². The summed E-state index contributed by atoms with van der Waals surface area (Å²) in [7, 11) is 0. The lowest BCUT2D eigenvalue weighted by molar-refractivity contribution is 0.0648. The molecule has 3 unspecified atom stereocenters. The van der Waals surface area contributed by atoms with Crippen LogP contribution in [0.5, 0.6) is 5.75 Å². The Hall–Kier alpha value is -2.37. The Bertz CT molecular complexity index is 780. The third-order valence-corrected chi connectivity index (χ3v) is 5.54. The molecule has 2 N–H and O–H groups in total. The van der Waals surface area contributed by atoms with Gasteiger partial charge in [-0.2, -0.15) is 0 Å². The van der Waals surface area contributed by atoms with Gasteiger partial charge in [0.05, 0.1) is 18.2 Å². The van der Waals surface area contributed by atoms with E-state index in [2.05, 4.69) is 42.0 Å². The zero-order valence-electron chi connectivity index (χ0n) is 15.7. The van der Waals surface area contributed by atoms with Crippen LogP contribution in [-0.4, -0.2) is 36.5 Å². The molecule has 0 spiro atoms. The van der Waals surface area contributed by atoms with E-state index in [1.807, 2.05) is 35.2 Å². The molecule has 2 aromatic carbocycles. The fourth-order valence-corrected chi connectivity index (χ4v) is 4.13. The molecule has 2 saturated heterocycles. The number of nitrogens with zero attached hydrogens (tertiary/aromatic N) is 1. The summed E-state index contributed by atoms with van der Waals surface area (Å²) in [5, 5.41) is 0. The van der Waals surface area contributed by atoms with E-state index in [4.69, 9.17) is 4.74 Å². The minimum Gasteiger partial charge on any atom is -0.493 e. The number of para-hydroxylation sites is 1. The number of hydrogen-bond donors (Lipinski definition) is 2. The fourth-order valence-electron chi connectivity index (χ4n) is 4.13. The molecule has 142 valence electrons. The highest BCUT2D eigenvalue weighted by Crippen LogP contribution is 2.34. The Morgan fingerprint density at radius 2 is 1.89 bits per heavy atom. The maximum Gasteiger partial charge on any atom is 0.257 e. The minimum atomic E-state index is 0.0684. The number of fused-ring (bicyclic) bond motifs is 1. The van der Waals surface area contributed by atoms with Gasteiger partial charge in [-0.15, -0.1) is 0 Å². The van der Waals surface area contributed by atoms with Gasteiger partial charge in [0.1, 0.15) is 5.75 Å². The molecule has 2 aliphatic heterocycles. The molecule has 4 rings (SSSR count). The summed E-state index contributed by atoms with van der Waals surface area (Å²) in [5.41, 5.74) is 8.80. The molecule has 0 bridgehead atoms. The van der Waals surface area contributed by atoms with Gasteiger partial charge in [-0.25, -0.2) is 5.43 Å². The molecule has 2 heterocycles. The summed E-state index contributed by atoms with van der Waals surface area (Å²) < 4.78 is 5.80. The van der Waals surface area contributed by atoms with Crippen LogP contribution < -0.4 is 15.6 Å². The van der Waals surface area contributed by atoms with Crippen molar-refractivity contribution in [2.24, 2.45) is 5.92 Å². The van der Waals surface area contributed by atoms with Crippen LogP contribution >= 0.6 is 0 Å². The lowest BCUT2D eigenvalue weighted by Crippen LogP contribution is -2.47. The zero-order chi connectivity index (χ0) is 18.6. The van der Waals surface area contributed by atoms with E-state index >= 15 is 0 Å². The van der Waals surface area contributed by atoms with Crippen LogP contribution in [0.2, 0.25) is 0 Å². The van der Waals surface area contributed by atoms with Gasteiger partial charge >= 0.3 is 0 Å². The maximum atomic E-state index is 13.2. The summed E-state index contributed by atoms with van der Waals surface area (Å²) in [6, 6.07) is 18.7. The normalized spacial score (nSPS) is 24.5. The summed E-state index contributed by atoms with van der Waals surface area (Å²) in [5.74, 6) is 1.11. The van der Waals surface area contributed by atoms with Crippen molar-refractivity contribution < 1.29 is 9.53 Å². The summed E-state index contributed by atoms with van der Waals surface area (Å²) in [6.45, 7) is 4.20. The van der Waals surface area contributed by atoms with Gasteiger partial charge in [0, 0.05) is 25.0 Å². The van der Waals surface area contributed by atoms with Crippen LogP contribution in [0, 0.1) is 5.92 Å². The molecule has 0 saturated carbocycles. The predicted octanol–water partition coefficient (Wildman–Crippen LogP) is 3.16. The SMILES string of the molecule is CCCOc1ccccc1C(=O)N1CCC2NNC(c3ccccc3)C2C1. The van der Waals surface area contributed by atoms with Crippen LogP contribution in [0.4, 0.5) is 0 Å². The zero-order valence-corrected chi connectivity index (χ0v) is 15.7. The molecule has 2 aliphatic rings. The van der Waals surface area contributed by atoms with Crippen molar-refractivity contribution in [2.45, 2.75) is 31.8 Å². The summed E-state index contributed by atoms with van der Waals surface area (Å²) >= 11 is 0. The minimum absolute atomic E-state index is 0.0684. The number of amides is 1. The van der Waals surface area contributed by atoms with Crippen molar-refractivity contribution in [3.63, 3.8) is 0 Å². The van der Waals surface area contributed by atoms with Gasteiger partial charge in [0.15, 0.2) is 0 Å². The van der Waals surface area contributed by atoms with Gasteiger partial charge in [0.25, 0.3) is 5.91 Å². The molecular formula is C22H27N3O2. The standard InChI is InChI=1S/C22H27N3O2/c1-2-14-27-20-11-7-6-10-17(20)22(26)25-13-12-19-18(15-25)21(24-23-19)16-8-4-3-5-9-16/h3-11,18-19,21,23-24H,2,12-15H2,1H3. The van der Waals surface area contributed by atoms with E-state index in [-0.39, 0.29) is 11.9 Å². The second kappa shape index (κ2) is 8.11. The van der Waals surface area contributed by atoms with Crippen molar-refractivity contribution >= 4 is 5.91 Å². The second-order valence-corrected chi connectivity index (χ2v) is 7.33. The van der Waals surface area contributed by atoms with Gasteiger partial charge < -0.3 is 9.64 Å². The Morgan fingerprint density at radius 3 is 2.70 bits per heavy atom. The number of hydrogen-bond acceptors (Lipinski definition) is 4. The highest BCUT2D eigenvalue weighted by atomic mass is 16.5. The van der Waals surface area contributed by atoms with E-state index < -0.39 is 0 Å². The molecule has 2 fully saturated rings. The molecule has 0 aromatic heterocycles. The average molecular weight is 365 g/mol. The fraction of sp³-hybridized carbons (Fsp3) is 0.409. The van der Waals surface area contributed by atoms with Crippen LogP contribution in [0.15, 0.2) is 54.6 Å². The second-order valence-electron chi connectivity index (χ2n) is 7.33. The molecule has 5 nitrogen and oxygen atoms in total. The van der Waals surface area contributed by atoms with E-state index in [9.17, 15) is 4.79 Å². The van der Waals surface area contributed by atoms with Crippen LogP contribution in [-0.2, 0) is 0 Å². The number of carbonyl (C=O) groups is 1. The van der Waals surface area contributed by atoms with Crippen LogP contribution in [0.3, 0.4) is 0 Å². The highest BCUT2D eigenvalue weighted by Gasteiger charge is 2.41. The van der Waals surface area contributed by atoms with Gasteiger partial charge in [-0.1, -0.05) is 49.4 Å². The molecule has 3 atom stereocenters. The van der Waals surface area contributed by atoms with Gasteiger partial charge in [-0.05, 0) is 30.5 Å². The number of likely N-dealkylation sites (tertiary alicyclic amines) is 1. The number of carbonyl (C=O) groups excluding carboxylic acids is 1. The summed E-state index contributed by atoms with van der Waals surface area (Å²) in [4.78, 5) is 15.2. The summed E-state index contributed by atoms with van der Waals surface area (Å²) in [6.07, 6.45) is 1.87. The quantitative estimate of drug-likeness (QED) is 0.855. The number of benzene rings is 2. The molecule has 5 heteroatoms. The van der Waals surface area contributed by atoms with Crippen LogP contribution in [0.25, 0.3) is 0 Å². The first-order valence-electron chi connectivity index (χ1n) is 9.85. The van der Waals surface area contributed by atoms with E-state index in [1.54, 1.807) is 0 Å². The third-order valence-electron chi connectivity index (χ3n) is 5.54. The van der Waals surface area contributed by atoms with Gasteiger partial charge in [0.2, 0.25) is 0 Å². The van der Waals surface area contributed by atoms with Crippen molar-refractivity contribution in [3.8, 4) is 5.75 Å². The van der Waals surface area contributed by atoms with Gasteiger partial charge in [-0.3, -0.25) is 10.2 Å². The maximum absolute atomic E-state index is 13.2. The number of hydrazine groups is 1. The Balaban J connectivity index is 1.52. The number of ether oxygens (including phenoxy) is 1. The molecular weight excluding hydrogens is 338 g/mol. The largest absolute Gasteiger partial charge is 0.493 e. The number of nitrogens with one attached hydrogen (secondary N) is 2. The average Bonchev–Trinajstić information content (AvgIpc) is 3.16. The van der Waals surface area contributed by atoms with Crippen LogP contribution in [0.1, 0.15) is 41.7 Å². The Kier molecular flexibility index (Phi) is 5.41. The molecule has 0 aliphatic carbocycles. The first kappa shape index (κ1) is 18.0. The third kappa shape index (κ3) is 3.70. The number of piperidine rings is 1. The predicted molar refractivity (Wildman–Crippen MR) is 105 cm³/mol. The molecule has 0 radical (unpaired) electrons. The lowest BCUT2D eigenvalue weighted by Gasteiger charge is -2.36. The van der Waals surface area contributed by atoms with E-state index in [1.165, 1.54) is 5.56 Å². The highest BCUT2D eigenvalue weighted by molar-refractivity contribution is 5.97.